The number of amides is 1. The van der Waals surface area contributed by atoms with Gasteiger partial charge in [-0.25, -0.2) is 0 Å². The van der Waals surface area contributed by atoms with Gasteiger partial charge in [0.1, 0.15) is 0 Å². The first-order valence-corrected chi connectivity index (χ1v) is 7.96. The highest BCUT2D eigenvalue weighted by Gasteiger charge is 2.33. The second kappa shape index (κ2) is 7.21. The number of benzene rings is 2. The highest BCUT2D eigenvalue weighted by Crippen LogP contribution is 2.36. The van der Waals surface area contributed by atoms with Crippen molar-refractivity contribution in [3.8, 4) is 0 Å². The zero-order valence-electron chi connectivity index (χ0n) is 13.3. The molecule has 0 spiro atoms. The second-order valence-corrected chi connectivity index (χ2v) is 5.91. The normalized spacial score (nSPS) is 11.4. The summed E-state index contributed by atoms with van der Waals surface area (Å²) in [5.41, 5.74) is -0.0504. The molecule has 1 heterocycles. The van der Waals surface area contributed by atoms with Crippen LogP contribution in [0.5, 0.6) is 0 Å². The third-order valence-corrected chi connectivity index (χ3v) is 3.87. The lowest BCUT2D eigenvalue weighted by molar-refractivity contribution is -0.137. The molecule has 0 bridgehead atoms. The maximum Gasteiger partial charge on any atom is 0.418 e. The van der Waals surface area contributed by atoms with Gasteiger partial charge in [-0.3, -0.25) is 9.78 Å². The number of para-hydroxylation sites is 1. The number of anilines is 2. The minimum atomic E-state index is -4.58. The number of alkyl halides is 3. The van der Waals surface area contributed by atoms with E-state index in [-0.39, 0.29) is 17.3 Å². The van der Waals surface area contributed by atoms with E-state index in [0.717, 1.165) is 11.5 Å². The molecule has 0 saturated carbocycles. The third kappa shape index (κ3) is 4.05. The van der Waals surface area contributed by atoms with E-state index in [1.54, 1.807) is 24.4 Å². The number of hydrogen-bond donors (Lipinski definition) is 2. The molecular formula is C18H13ClF3N3O. The van der Waals surface area contributed by atoms with Crippen molar-refractivity contribution in [3.63, 3.8) is 0 Å². The molecule has 4 nitrogen and oxygen atoms in total. The maximum atomic E-state index is 13.1. The zero-order valence-corrected chi connectivity index (χ0v) is 14.0. The molecule has 1 aromatic heterocycles. The molecule has 0 radical (unpaired) electrons. The largest absolute Gasteiger partial charge is 0.418 e. The van der Waals surface area contributed by atoms with Crippen molar-refractivity contribution in [3.05, 3.63) is 65.3 Å². The van der Waals surface area contributed by atoms with Gasteiger partial charge in [-0.05, 0) is 30.3 Å². The molecule has 26 heavy (non-hydrogen) atoms. The van der Waals surface area contributed by atoms with Crippen molar-refractivity contribution in [2.45, 2.75) is 6.18 Å². The number of carbonyl (C=O) groups is 1. The average molecular weight is 380 g/mol. The third-order valence-electron chi connectivity index (χ3n) is 3.63. The van der Waals surface area contributed by atoms with Crippen molar-refractivity contribution in [1.82, 2.24) is 4.98 Å². The minimum Gasteiger partial charge on any atom is -0.376 e. The van der Waals surface area contributed by atoms with Gasteiger partial charge in [0, 0.05) is 22.3 Å². The molecule has 3 rings (SSSR count). The van der Waals surface area contributed by atoms with Crippen LogP contribution in [0.2, 0.25) is 5.02 Å². The molecule has 0 aliphatic heterocycles. The molecular weight excluding hydrogens is 367 g/mol. The van der Waals surface area contributed by atoms with Crippen LogP contribution in [0, 0.1) is 0 Å². The number of carbonyl (C=O) groups excluding carboxylic acids is 1. The van der Waals surface area contributed by atoms with Gasteiger partial charge in [0.05, 0.1) is 23.3 Å². The van der Waals surface area contributed by atoms with E-state index in [2.05, 4.69) is 15.6 Å². The summed E-state index contributed by atoms with van der Waals surface area (Å²) in [5, 5.41) is 5.97. The van der Waals surface area contributed by atoms with Crippen LogP contribution >= 0.6 is 11.6 Å². The highest BCUT2D eigenvalue weighted by molar-refractivity contribution is 6.30. The molecule has 0 saturated heterocycles. The summed E-state index contributed by atoms with van der Waals surface area (Å²) in [6.07, 6.45) is -2.98. The Morgan fingerprint density at radius 1 is 1.08 bits per heavy atom. The van der Waals surface area contributed by atoms with E-state index in [0.29, 0.717) is 11.2 Å². The molecule has 3 aromatic rings. The molecule has 2 N–H and O–H groups in total. The molecule has 134 valence electrons. The zero-order chi connectivity index (χ0) is 18.7. The van der Waals surface area contributed by atoms with Crippen LogP contribution in [-0.4, -0.2) is 17.4 Å². The van der Waals surface area contributed by atoms with E-state index in [1.807, 2.05) is 12.1 Å². The lowest BCUT2D eigenvalue weighted by Gasteiger charge is -2.15. The number of hydrogen-bond acceptors (Lipinski definition) is 3. The van der Waals surface area contributed by atoms with Crippen LogP contribution in [0.15, 0.2) is 54.7 Å². The number of nitrogens with zero attached hydrogens (tertiary/aromatic N) is 1. The summed E-state index contributed by atoms with van der Waals surface area (Å²) in [4.78, 5) is 16.4. The molecule has 1 amide bonds. The average Bonchev–Trinajstić information content (AvgIpc) is 2.60. The van der Waals surface area contributed by atoms with Gasteiger partial charge in [-0.1, -0.05) is 29.8 Å². The van der Waals surface area contributed by atoms with Crippen LogP contribution in [0.4, 0.5) is 24.5 Å². The Morgan fingerprint density at radius 3 is 2.62 bits per heavy atom. The second-order valence-electron chi connectivity index (χ2n) is 5.47. The van der Waals surface area contributed by atoms with Crippen molar-refractivity contribution in [1.29, 1.82) is 0 Å². The van der Waals surface area contributed by atoms with Crippen LogP contribution < -0.4 is 10.6 Å². The summed E-state index contributed by atoms with van der Waals surface area (Å²) in [6.45, 7) is -0.339. The minimum absolute atomic E-state index is 0.0332. The van der Waals surface area contributed by atoms with Crippen LogP contribution in [0.1, 0.15) is 5.56 Å². The Hall–Kier alpha value is -2.80. The van der Waals surface area contributed by atoms with Gasteiger partial charge in [0.15, 0.2) is 0 Å². The monoisotopic (exact) mass is 379 g/mol. The number of halogens is 4. The highest BCUT2D eigenvalue weighted by atomic mass is 35.5. The van der Waals surface area contributed by atoms with Gasteiger partial charge in [0.25, 0.3) is 0 Å². The quantitative estimate of drug-likeness (QED) is 0.673. The van der Waals surface area contributed by atoms with Crippen LogP contribution in [0.3, 0.4) is 0 Å². The predicted octanol–water partition coefficient (Wildman–Crippen LogP) is 4.96. The van der Waals surface area contributed by atoms with E-state index >= 15 is 0 Å². The molecule has 0 atom stereocenters. The van der Waals surface area contributed by atoms with Crippen LogP contribution in [0.25, 0.3) is 10.9 Å². The van der Waals surface area contributed by atoms with E-state index in [1.165, 1.54) is 12.1 Å². The fourth-order valence-corrected chi connectivity index (χ4v) is 2.65. The summed E-state index contributed by atoms with van der Waals surface area (Å²) < 4.78 is 39.2. The number of nitrogens with one attached hydrogen (secondary N) is 2. The fraction of sp³-hybridized carbons (Fsp3) is 0.111. The van der Waals surface area contributed by atoms with Gasteiger partial charge >= 0.3 is 6.18 Å². The van der Waals surface area contributed by atoms with Crippen molar-refractivity contribution in [2.75, 3.05) is 17.2 Å². The molecule has 2 aromatic carbocycles. The fourth-order valence-electron chi connectivity index (χ4n) is 2.48. The summed E-state index contributed by atoms with van der Waals surface area (Å²) in [7, 11) is 0. The lowest BCUT2D eigenvalue weighted by atomic mass is 10.1. The van der Waals surface area contributed by atoms with Crippen molar-refractivity contribution < 1.29 is 18.0 Å². The molecule has 0 unspecified atom stereocenters. The lowest BCUT2D eigenvalue weighted by Crippen LogP contribution is -2.23. The number of aromatic nitrogens is 1. The predicted molar refractivity (Wildman–Crippen MR) is 95.3 cm³/mol. The molecule has 0 aliphatic rings. The summed E-state index contributed by atoms with van der Waals surface area (Å²) in [6, 6.07) is 12.2. The van der Waals surface area contributed by atoms with E-state index < -0.39 is 17.6 Å². The Kier molecular flexibility index (Phi) is 4.99. The Labute approximate surface area is 152 Å². The van der Waals surface area contributed by atoms with Crippen molar-refractivity contribution >= 4 is 39.8 Å². The Bertz CT molecular complexity index is 955. The summed E-state index contributed by atoms with van der Waals surface area (Å²) in [5.74, 6) is -0.494. The standard InChI is InChI=1S/C18H13ClF3N3O/c19-12-6-7-14(13(9-12)18(20,21)22)24-10-16(26)25-15-5-1-3-11-4-2-8-23-17(11)15/h1-9,24H,10H2,(H,25,26). The first-order chi connectivity index (χ1) is 12.3. The smallest absolute Gasteiger partial charge is 0.376 e. The van der Waals surface area contributed by atoms with Gasteiger partial charge in [0.2, 0.25) is 5.91 Å². The molecule has 8 heteroatoms. The Balaban J connectivity index is 1.74. The van der Waals surface area contributed by atoms with Gasteiger partial charge in [-0.2, -0.15) is 13.2 Å². The first kappa shape index (κ1) is 18.0. The SMILES string of the molecule is O=C(CNc1ccc(Cl)cc1C(F)(F)F)Nc1cccc2cccnc12. The van der Waals surface area contributed by atoms with E-state index in [4.69, 9.17) is 11.6 Å². The maximum absolute atomic E-state index is 13.1. The van der Waals surface area contributed by atoms with Crippen LogP contribution in [-0.2, 0) is 11.0 Å². The van der Waals surface area contributed by atoms with Crippen molar-refractivity contribution in [2.24, 2.45) is 0 Å². The molecule has 0 fully saturated rings. The van der Waals surface area contributed by atoms with Gasteiger partial charge < -0.3 is 10.6 Å². The summed E-state index contributed by atoms with van der Waals surface area (Å²) >= 11 is 5.63. The Morgan fingerprint density at radius 2 is 1.85 bits per heavy atom. The first-order valence-electron chi connectivity index (χ1n) is 7.59. The number of rotatable bonds is 4. The number of fused-ring (bicyclic) bond motifs is 1. The van der Waals surface area contributed by atoms with Gasteiger partial charge in [-0.15, -0.1) is 0 Å². The van der Waals surface area contributed by atoms with E-state index in [9.17, 15) is 18.0 Å². The molecule has 0 aliphatic carbocycles. The number of pyridine rings is 1. The topological polar surface area (TPSA) is 54.0 Å².